The van der Waals surface area contributed by atoms with Gasteiger partial charge in [-0.1, -0.05) is 12.8 Å². The highest BCUT2D eigenvalue weighted by Gasteiger charge is 2.26. The SMILES string of the molecule is CC1(NCCCCCO)CCCC1. The minimum absolute atomic E-state index is 0.345. The number of aliphatic hydroxyl groups is 1. The molecular weight excluding hydrogens is 162 g/mol. The Morgan fingerprint density at radius 1 is 1.15 bits per heavy atom. The molecule has 1 aliphatic carbocycles. The minimum atomic E-state index is 0.345. The Morgan fingerprint density at radius 2 is 1.85 bits per heavy atom. The first-order chi connectivity index (χ1) is 6.27. The standard InChI is InChI=1S/C11H23NO/c1-11(7-3-4-8-11)12-9-5-2-6-10-13/h12-13H,2-10H2,1H3. The maximum Gasteiger partial charge on any atom is 0.0431 e. The van der Waals surface area contributed by atoms with Gasteiger partial charge in [0.05, 0.1) is 0 Å². The topological polar surface area (TPSA) is 32.3 Å². The number of unbranched alkanes of at least 4 members (excludes halogenated alkanes) is 2. The number of hydrogen-bond acceptors (Lipinski definition) is 2. The summed E-state index contributed by atoms with van der Waals surface area (Å²) in [6.45, 7) is 3.81. The van der Waals surface area contributed by atoms with Crippen LogP contribution in [0.4, 0.5) is 0 Å². The zero-order valence-electron chi connectivity index (χ0n) is 8.81. The van der Waals surface area contributed by atoms with Crippen molar-refractivity contribution in [3.8, 4) is 0 Å². The van der Waals surface area contributed by atoms with Crippen molar-refractivity contribution in [3.63, 3.8) is 0 Å². The first-order valence-electron chi connectivity index (χ1n) is 5.63. The molecule has 2 N–H and O–H groups in total. The van der Waals surface area contributed by atoms with Crippen molar-refractivity contribution in [1.29, 1.82) is 0 Å². The number of hydrogen-bond donors (Lipinski definition) is 2. The first kappa shape index (κ1) is 11.0. The van der Waals surface area contributed by atoms with Gasteiger partial charge in [0, 0.05) is 12.1 Å². The molecule has 1 aliphatic rings. The van der Waals surface area contributed by atoms with E-state index in [4.69, 9.17) is 5.11 Å². The molecule has 0 amide bonds. The predicted octanol–water partition coefficient (Wildman–Crippen LogP) is 2.07. The van der Waals surface area contributed by atoms with Crippen LogP contribution >= 0.6 is 0 Å². The number of nitrogens with one attached hydrogen (secondary N) is 1. The van der Waals surface area contributed by atoms with Crippen molar-refractivity contribution in [2.45, 2.75) is 57.4 Å². The molecular formula is C11H23NO. The van der Waals surface area contributed by atoms with Gasteiger partial charge >= 0.3 is 0 Å². The molecule has 0 saturated heterocycles. The van der Waals surface area contributed by atoms with Crippen LogP contribution in [0.3, 0.4) is 0 Å². The van der Waals surface area contributed by atoms with Gasteiger partial charge in [0.15, 0.2) is 0 Å². The zero-order chi connectivity index (χ0) is 9.57. The molecule has 13 heavy (non-hydrogen) atoms. The van der Waals surface area contributed by atoms with E-state index in [-0.39, 0.29) is 0 Å². The molecule has 1 rings (SSSR count). The highest BCUT2D eigenvalue weighted by Crippen LogP contribution is 2.28. The van der Waals surface area contributed by atoms with Crippen LogP contribution in [0.15, 0.2) is 0 Å². The quantitative estimate of drug-likeness (QED) is 0.621. The molecule has 0 aromatic heterocycles. The van der Waals surface area contributed by atoms with Crippen LogP contribution in [0.1, 0.15) is 51.9 Å². The third-order valence-corrected chi connectivity index (χ3v) is 3.09. The Kier molecular flexibility index (Phi) is 4.74. The maximum absolute atomic E-state index is 8.61. The minimum Gasteiger partial charge on any atom is -0.396 e. The summed E-state index contributed by atoms with van der Waals surface area (Å²) in [6, 6.07) is 0. The summed E-state index contributed by atoms with van der Waals surface area (Å²) in [7, 11) is 0. The van der Waals surface area contributed by atoms with Gasteiger partial charge < -0.3 is 10.4 Å². The summed E-state index contributed by atoms with van der Waals surface area (Å²) in [5, 5.41) is 12.2. The van der Waals surface area contributed by atoms with E-state index in [1.807, 2.05) is 0 Å². The third-order valence-electron chi connectivity index (χ3n) is 3.09. The van der Waals surface area contributed by atoms with Crippen LogP contribution in [0.25, 0.3) is 0 Å². The number of rotatable bonds is 6. The van der Waals surface area contributed by atoms with Gasteiger partial charge in [-0.05, 0) is 45.6 Å². The predicted molar refractivity (Wildman–Crippen MR) is 55.8 cm³/mol. The number of aliphatic hydroxyl groups excluding tert-OH is 1. The smallest absolute Gasteiger partial charge is 0.0431 e. The molecule has 0 aromatic rings. The van der Waals surface area contributed by atoms with E-state index in [1.54, 1.807) is 0 Å². The maximum atomic E-state index is 8.61. The second kappa shape index (κ2) is 5.61. The van der Waals surface area contributed by atoms with E-state index >= 15 is 0 Å². The molecule has 78 valence electrons. The normalized spacial score (nSPS) is 20.8. The fraction of sp³-hybridized carbons (Fsp3) is 1.00. The molecule has 0 aliphatic heterocycles. The molecule has 1 saturated carbocycles. The monoisotopic (exact) mass is 185 g/mol. The molecule has 0 aromatic carbocycles. The van der Waals surface area contributed by atoms with E-state index in [2.05, 4.69) is 12.2 Å². The van der Waals surface area contributed by atoms with Crippen LogP contribution in [0, 0.1) is 0 Å². The zero-order valence-corrected chi connectivity index (χ0v) is 8.81. The molecule has 0 atom stereocenters. The molecule has 2 nitrogen and oxygen atoms in total. The molecule has 2 heteroatoms. The van der Waals surface area contributed by atoms with Gasteiger partial charge in [-0.15, -0.1) is 0 Å². The summed E-state index contributed by atoms with van der Waals surface area (Å²) < 4.78 is 0. The van der Waals surface area contributed by atoms with Crippen molar-refractivity contribution >= 4 is 0 Å². The summed E-state index contributed by atoms with van der Waals surface area (Å²) in [6.07, 6.45) is 8.77. The second-order valence-corrected chi connectivity index (χ2v) is 4.48. The third kappa shape index (κ3) is 4.10. The van der Waals surface area contributed by atoms with Gasteiger partial charge in [0.25, 0.3) is 0 Å². The summed E-state index contributed by atoms with van der Waals surface area (Å²) in [5.74, 6) is 0. The van der Waals surface area contributed by atoms with Crippen LogP contribution < -0.4 is 5.32 Å². The van der Waals surface area contributed by atoms with Gasteiger partial charge in [0.2, 0.25) is 0 Å². The Balaban J connectivity index is 1.98. The molecule has 0 radical (unpaired) electrons. The molecule has 1 fully saturated rings. The first-order valence-corrected chi connectivity index (χ1v) is 5.63. The van der Waals surface area contributed by atoms with E-state index in [0.717, 1.165) is 19.4 Å². The van der Waals surface area contributed by atoms with Crippen molar-refractivity contribution in [1.82, 2.24) is 5.32 Å². The second-order valence-electron chi connectivity index (χ2n) is 4.48. The Hall–Kier alpha value is -0.0800. The lowest BCUT2D eigenvalue weighted by molar-refractivity contribution is 0.280. The van der Waals surface area contributed by atoms with Crippen molar-refractivity contribution < 1.29 is 5.11 Å². The lowest BCUT2D eigenvalue weighted by Gasteiger charge is -2.25. The highest BCUT2D eigenvalue weighted by molar-refractivity contribution is 4.87. The van der Waals surface area contributed by atoms with Crippen LogP contribution in [-0.4, -0.2) is 23.8 Å². The Labute approximate surface area is 81.7 Å². The van der Waals surface area contributed by atoms with E-state index in [0.29, 0.717) is 12.1 Å². The highest BCUT2D eigenvalue weighted by atomic mass is 16.2. The van der Waals surface area contributed by atoms with Gasteiger partial charge in [-0.3, -0.25) is 0 Å². The Morgan fingerprint density at radius 3 is 2.46 bits per heavy atom. The van der Waals surface area contributed by atoms with Crippen molar-refractivity contribution in [2.75, 3.05) is 13.2 Å². The van der Waals surface area contributed by atoms with Gasteiger partial charge in [0.1, 0.15) is 0 Å². The summed E-state index contributed by atoms with van der Waals surface area (Å²) in [4.78, 5) is 0. The molecule has 0 unspecified atom stereocenters. The lowest BCUT2D eigenvalue weighted by Crippen LogP contribution is -2.39. The summed E-state index contributed by atoms with van der Waals surface area (Å²) in [5.41, 5.74) is 0.430. The molecule has 0 heterocycles. The fourth-order valence-corrected chi connectivity index (χ4v) is 2.14. The van der Waals surface area contributed by atoms with E-state index < -0.39 is 0 Å². The Bertz CT molecular complexity index is 130. The van der Waals surface area contributed by atoms with Crippen LogP contribution in [-0.2, 0) is 0 Å². The van der Waals surface area contributed by atoms with Gasteiger partial charge in [-0.2, -0.15) is 0 Å². The van der Waals surface area contributed by atoms with E-state index in [9.17, 15) is 0 Å². The van der Waals surface area contributed by atoms with Crippen LogP contribution in [0.5, 0.6) is 0 Å². The van der Waals surface area contributed by atoms with Crippen LogP contribution in [0.2, 0.25) is 0 Å². The molecule has 0 spiro atoms. The fourth-order valence-electron chi connectivity index (χ4n) is 2.14. The lowest BCUT2D eigenvalue weighted by atomic mass is 10.0. The van der Waals surface area contributed by atoms with Crippen molar-refractivity contribution in [3.05, 3.63) is 0 Å². The average molecular weight is 185 g/mol. The largest absolute Gasteiger partial charge is 0.396 e. The summed E-state index contributed by atoms with van der Waals surface area (Å²) >= 11 is 0. The average Bonchev–Trinajstić information content (AvgIpc) is 2.53. The van der Waals surface area contributed by atoms with Crippen molar-refractivity contribution in [2.24, 2.45) is 0 Å². The van der Waals surface area contributed by atoms with E-state index in [1.165, 1.54) is 32.1 Å². The van der Waals surface area contributed by atoms with Gasteiger partial charge in [-0.25, -0.2) is 0 Å². The molecule has 0 bridgehead atoms.